The molecule has 0 aliphatic carbocycles. The minimum atomic E-state index is -0.581. The van der Waals surface area contributed by atoms with E-state index in [1.807, 2.05) is 13.8 Å². The van der Waals surface area contributed by atoms with E-state index in [1.165, 1.54) is 12.1 Å². The summed E-state index contributed by atoms with van der Waals surface area (Å²) in [5.74, 6) is -1.14. The quantitative estimate of drug-likeness (QED) is 0.757. The van der Waals surface area contributed by atoms with Crippen LogP contribution in [-0.4, -0.2) is 42.3 Å². The molecule has 0 aliphatic rings. The Morgan fingerprint density at radius 2 is 1.95 bits per heavy atom. The van der Waals surface area contributed by atoms with E-state index in [0.717, 1.165) is 19.2 Å². The minimum Gasteiger partial charge on any atom is -0.390 e. The molecule has 1 aromatic carbocycles. The van der Waals surface area contributed by atoms with Crippen LogP contribution >= 0.6 is 0 Å². The van der Waals surface area contributed by atoms with Gasteiger partial charge in [0.2, 0.25) is 0 Å². The molecule has 0 saturated carbocycles. The normalized spacial score (nSPS) is 12.9. The molecule has 0 amide bonds. The number of halogens is 2. The summed E-state index contributed by atoms with van der Waals surface area (Å²) in [4.78, 5) is 2.12. The van der Waals surface area contributed by atoms with Gasteiger partial charge in [-0.3, -0.25) is 0 Å². The van der Waals surface area contributed by atoms with Crippen LogP contribution in [0.15, 0.2) is 18.2 Å². The predicted octanol–water partition coefficient (Wildman–Crippen LogP) is 1.76. The van der Waals surface area contributed by atoms with Crippen LogP contribution in [0.1, 0.15) is 19.4 Å². The van der Waals surface area contributed by atoms with Gasteiger partial charge in [-0.05, 0) is 19.2 Å². The zero-order chi connectivity index (χ0) is 14.3. The number of nitrogens with zero attached hydrogens (tertiary/aromatic N) is 1. The first-order valence-corrected chi connectivity index (χ1v) is 6.61. The molecular formula is C14H22F2N2O. The van der Waals surface area contributed by atoms with Crippen molar-refractivity contribution >= 4 is 0 Å². The van der Waals surface area contributed by atoms with E-state index >= 15 is 0 Å². The third-order valence-electron chi connectivity index (χ3n) is 3.07. The monoisotopic (exact) mass is 272 g/mol. The third-order valence-corrected chi connectivity index (χ3v) is 3.07. The van der Waals surface area contributed by atoms with E-state index in [1.54, 1.807) is 0 Å². The van der Waals surface area contributed by atoms with Crippen molar-refractivity contribution in [3.05, 3.63) is 35.4 Å². The van der Waals surface area contributed by atoms with Crippen molar-refractivity contribution in [2.24, 2.45) is 0 Å². The van der Waals surface area contributed by atoms with Crippen LogP contribution in [0.3, 0.4) is 0 Å². The van der Waals surface area contributed by atoms with Gasteiger partial charge in [0.1, 0.15) is 11.6 Å². The Bertz CT molecular complexity index is 384. The molecule has 0 heterocycles. The Morgan fingerprint density at radius 3 is 2.53 bits per heavy atom. The summed E-state index contributed by atoms with van der Waals surface area (Å²) < 4.78 is 26.1. The molecule has 0 saturated heterocycles. The lowest BCUT2D eigenvalue weighted by Gasteiger charge is -2.22. The summed E-state index contributed by atoms with van der Waals surface area (Å²) in [6, 6.07) is 3.50. The molecule has 0 aromatic heterocycles. The molecule has 1 unspecified atom stereocenters. The summed E-state index contributed by atoms with van der Waals surface area (Å²) in [7, 11) is 0. The number of rotatable bonds is 8. The largest absolute Gasteiger partial charge is 0.390 e. The van der Waals surface area contributed by atoms with Gasteiger partial charge in [0.25, 0.3) is 0 Å². The summed E-state index contributed by atoms with van der Waals surface area (Å²) in [5, 5.41) is 12.8. The fourth-order valence-corrected chi connectivity index (χ4v) is 1.88. The highest BCUT2D eigenvalue weighted by Gasteiger charge is 2.09. The van der Waals surface area contributed by atoms with Gasteiger partial charge in [0.05, 0.1) is 6.10 Å². The van der Waals surface area contributed by atoms with Gasteiger partial charge in [-0.2, -0.15) is 0 Å². The second-order valence-corrected chi connectivity index (χ2v) is 4.51. The molecule has 1 rings (SSSR count). The Morgan fingerprint density at radius 1 is 1.26 bits per heavy atom. The maximum atomic E-state index is 13.3. The zero-order valence-corrected chi connectivity index (χ0v) is 11.5. The standard InChI is InChI=1S/C14H22F2N2O/c1-3-18(4-2)10-13(19)9-17-8-11-5-6-12(15)7-14(11)16/h5-7,13,17,19H,3-4,8-10H2,1-2H3. The van der Waals surface area contributed by atoms with E-state index in [2.05, 4.69) is 10.2 Å². The smallest absolute Gasteiger partial charge is 0.130 e. The fraction of sp³-hybridized carbons (Fsp3) is 0.571. The highest BCUT2D eigenvalue weighted by Crippen LogP contribution is 2.08. The highest BCUT2D eigenvalue weighted by atomic mass is 19.1. The van der Waals surface area contributed by atoms with E-state index in [-0.39, 0.29) is 6.54 Å². The number of hydrogen-bond acceptors (Lipinski definition) is 3. The summed E-state index contributed by atoms with van der Waals surface area (Å²) in [6.45, 7) is 7.11. The molecule has 3 nitrogen and oxygen atoms in total. The topological polar surface area (TPSA) is 35.5 Å². The Labute approximate surface area is 113 Å². The Hall–Kier alpha value is -1.04. The van der Waals surface area contributed by atoms with Crippen molar-refractivity contribution in [1.29, 1.82) is 0 Å². The second kappa shape index (κ2) is 8.19. The van der Waals surface area contributed by atoms with Gasteiger partial charge in [-0.15, -0.1) is 0 Å². The maximum Gasteiger partial charge on any atom is 0.130 e. The molecule has 0 bridgehead atoms. The maximum absolute atomic E-state index is 13.3. The Balaban J connectivity index is 2.33. The van der Waals surface area contributed by atoms with E-state index in [9.17, 15) is 13.9 Å². The first-order valence-electron chi connectivity index (χ1n) is 6.61. The van der Waals surface area contributed by atoms with Crippen LogP contribution < -0.4 is 5.32 Å². The second-order valence-electron chi connectivity index (χ2n) is 4.51. The van der Waals surface area contributed by atoms with Crippen LogP contribution in [0.5, 0.6) is 0 Å². The van der Waals surface area contributed by atoms with Crippen LogP contribution in [-0.2, 0) is 6.54 Å². The minimum absolute atomic E-state index is 0.279. The number of benzene rings is 1. The lowest BCUT2D eigenvalue weighted by molar-refractivity contribution is 0.116. The lowest BCUT2D eigenvalue weighted by Crippen LogP contribution is -2.38. The van der Waals surface area contributed by atoms with Crippen molar-refractivity contribution in [1.82, 2.24) is 10.2 Å². The van der Waals surface area contributed by atoms with Crippen molar-refractivity contribution in [3.8, 4) is 0 Å². The van der Waals surface area contributed by atoms with E-state index < -0.39 is 17.7 Å². The molecule has 1 aromatic rings. The molecule has 108 valence electrons. The number of aliphatic hydroxyl groups excluding tert-OH is 1. The third kappa shape index (κ3) is 5.63. The first kappa shape index (κ1) is 16.0. The Kier molecular flexibility index (Phi) is 6.91. The predicted molar refractivity (Wildman–Crippen MR) is 71.9 cm³/mol. The SMILES string of the molecule is CCN(CC)CC(O)CNCc1ccc(F)cc1F. The molecule has 0 spiro atoms. The molecule has 0 aliphatic heterocycles. The van der Waals surface area contributed by atoms with Crippen LogP contribution in [0.2, 0.25) is 0 Å². The van der Waals surface area contributed by atoms with E-state index in [4.69, 9.17) is 0 Å². The molecular weight excluding hydrogens is 250 g/mol. The van der Waals surface area contributed by atoms with Gasteiger partial charge in [-0.25, -0.2) is 8.78 Å². The summed E-state index contributed by atoms with van der Waals surface area (Å²) in [6.07, 6.45) is -0.497. The summed E-state index contributed by atoms with van der Waals surface area (Å²) >= 11 is 0. The lowest BCUT2D eigenvalue weighted by atomic mass is 10.2. The van der Waals surface area contributed by atoms with Gasteiger partial charge < -0.3 is 15.3 Å². The van der Waals surface area contributed by atoms with Crippen LogP contribution in [0, 0.1) is 11.6 Å². The average molecular weight is 272 g/mol. The number of aliphatic hydroxyl groups is 1. The van der Waals surface area contributed by atoms with Gasteiger partial charge in [0.15, 0.2) is 0 Å². The molecule has 5 heteroatoms. The van der Waals surface area contributed by atoms with Gasteiger partial charge in [0, 0.05) is 31.3 Å². The van der Waals surface area contributed by atoms with Crippen molar-refractivity contribution in [2.75, 3.05) is 26.2 Å². The number of hydrogen-bond donors (Lipinski definition) is 2. The van der Waals surface area contributed by atoms with Gasteiger partial charge in [-0.1, -0.05) is 19.9 Å². The average Bonchev–Trinajstić information content (AvgIpc) is 2.38. The van der Waals surface area contributed by atoms with E-state index in [0.29, 0.717) is 18.7 Å². The molecule has 19 heavy (non-hydrogen) atoms. The summed E-state index contributed by atoms with van der Waals surface area (Å²) in [5.41, 5.74) is 0.399. The number of likely N-dealkylation sites (N-methyl/N-ethyl adjacent to an activating group) is 1. The first-order chi connectivity index (χ1) is 9.06. The van der Waals surface area contributed by atoms with Crippen molar-refractivity contribution < 1.29 is 13.9 Å². The molecule has 2 N–H and O–H groups in total. The molecule has 0 fully saturated rings. The van der Waals surface area contributed by atoms with Crippen molar-refractivity contribution in [2.45, 2.75) is 26.5 Å². The zero-order valence-electron chi connectivity index (χ0n) is 11.5. The van der Waals surface area contributed by atoms with Gasteiger partial charge >= 0.3 is 0 Å². The van der Waals surface area contributed by atoms with Crippen molar-refractivity contribution in [3.63, 3.8) is 0 Å². The highest BCUT2D eigenvalue weighted by molar-refractivity contribution is 5.18. The van der Waals surface area contributed by atoms with Crippen LogP contribution in [0.25, 0.3) is 0 Å². The number of nitrogens with one attached hydrogen (secondary N) is 1. The fourth-order valence-electron chi connectivity index (χ4n) is 1.88. The molecule has 0 radical (unpaired) electrons. The van der Waals surface area contributed by atoms with Crippen LogP contribution in [0.4, 0.5) is 8.78 Å². The molecule has 1 atom stereocenters.